The summed E-state index contributed by atoms with van der Waals surface area (Å²) in [7, 11) is 4.90. The lowest BCUT2D eigenvalue weighted by atomic mass is 9.99. The van der Waals surface area contributed by atoms with Gasteiger partial charge in [-0.15, -0.1) is 0 Å². The van der Waals surface area contributed by atoms with E-state index in [9.17, 15) is 29.7 Å². The van der Waals surface area contributed by atoms with Crippen LogP contribution in [0.2, 0.25) is 0 Å². The summed E-state index contributed by atoms with van der Waals surface area (Å²) in [5.41, 5.74) is 2.72. The molecule has 29 heavy (non-hydrogen) atoms. The largest absolute Gasteiger partial charge is 0.479 e. The Morgan fingerprint density at radius 1 is 1.17 bits per heavy atom. The van der Waals surface area contributed by atoms with Gasteiger partial charge in [-0.1, -0.05) is 6.07 Å². The van der Waals surface area contributed by atoms with Crippen LogP contribution < -0.4 is 10.2 Å². The second-order valence-electron chi connectivity index (χ2n) is 5.99. The highest BCUT2D eigenvalue weighted by Crippen LogP contribution is 2.31. The highest BCUT2D eigenvalue weighted by molar-refractivity contribution is 6.55. The molecule has 2 rings (SSSR count). The van der Waals surface area contributed by atoms with Gasteiger partial charge in [-0.25, -0.2) is 10.3 Å². The summed E-state index contributed by atoms with van der Waals surface area (Å²) in [5, 5.41) is 38.7. The fourth-order valence-electron chi connectivity index (χ4n) is 2.41. The average Bonchev–Trinajstić information content (AvgIpc) is 2.65. The second-order valence-corrected chi connectivity index (χ2v) is 5.99. The van der Waals surface area contributed by atoms with Gasteiger partial charge in [-0.2, -0.15) is 0 Å². The number of nitrogens with one attached hydrogen (secondary N) is 1. The maximum Gasteiger partial charge on any atom is 0.335 e. The van der Waals surface area contributed by atoms with Crippen molar-refractivity contribution < 1.29 is 53.9 Å². The first-order valence-electron chi connectivity index (χ1n) is 8.18. The molecule has 1 saturated heterocycles. The Kier molecular flexibility index (Phi) is 7.39. The first kappa shape index (κ1) is 22.4. The van der Waals surface area contributed by atoms with E-state index in [1.54, 1.807) is 0 Å². The quantitative estimate of drug-likeness (QED) is 0.263. The predicted octanol–water partition coefficient (Wildman–Crippen LogP) is -1.35. The third-order valence-corrected chi connectivity index (χ3v) is 3.79. The minimum Gasteiger partial charge on any atom is -0.479 e. The van der Waals surface area contributed by atoms with Crippen LogP contribution in [0.4, 0.5) is 10.5 Å². The fraction of sp³-hybridized carbons (Fsp3) is 0.438. The summed E-state index contributed by atoms with van der Waals surface area (Å²) >= 11 is 0. The number of aliphatic carboxylic acids is 1. The van der Waals surface area contributed by atoms with Crippen LogP contribution in [-0.4, -0.2) is 76.8 Å². The molecule has 0 aliphatic carbocycles. The molecule has 1 aliphatic rings. The van der Waals surface area contributed by atoms with Crippen LogP contribution in [0.1, 0.15) is 12.5 Å². The molecule has 1 aromatic rings. The molecule has 12 nitrogen and oxygen atoms in total. The lowest BCUT2D eigenvalue weighted by Gasteiger charge is -2.38. The van der Waals surface area contributed by atoms with Crippen LogP contribution in [0.3, 0.4) is 0 Å². The number of hydrogen-bond donors (Lipinski definition) is 5. The van der Waals surface area contributed by atoms with Crippen LogP contribution >= 0.6 is 0 Å². The van der Waals surface area contributed by atoms with E-state index in [-0.39, 0.29) is 18.0 Å². The first-order valence-corrected chi connectivity index (χ1v) is 8.18. The van der Waals surface area contributed by atoms with Crippen LogP contribution in [-0.2, 0) is 30.5 Å². The number of ether oxygens (including phenoxy) is 3. The highest BCUT2D eigenvalue weighted by atomic mass is 16.7. The normalized spacial score (nSPS) is 26.3. The molecule has 0 aromatic heterocycles. The third kappa shape index (κ3) is 5.81. The summed E-state index contributed by atoms with van der Waals surface area (Å²) < 4.78 is 15.1. The Balaban J connectivity index is 2.25. The van der Waals surface area contributed by atoms with Crippen molar-refractivity contribution in [1.29, 1.82) is 0 Å². The topological polar surface area (TPSA) is 181 Å². The SMILES string of the molecule is [B]C(=O)OCc1ccc(OC2OC(C(=O)O)C(O)C(O)C2O)c(NOC(C)=O)c1. The number of carboxylic acids is 1. The summed E-state index contributed by atoms with van der Waals surface area (Å²) in [6.07, 6.45) is -9.07. The molecule has 0 amide bonds. The Morgan fingerprint density at radius 3 is 2.45 bits per heavy atom. The van der Waals surface area contributed by atoms with Gasteiger partial charge in [-0.05, 0) is 17.7 Å². The van der Waals surface area contributed by atoms with Gasteiger partial charge in [0.15, 0.2) is 6.10 Å². The summed E-state index contributed by atoms with van der Waals surface area (Å²) in [6.45, 7) is 0.912. The lowest BCUT2D eigenvalue weighted by molar-refractivity contribution is -0.271. The van der Waals surface area contributed by atoms with Crippen LogP contribution in [0.15, 0.2) is 18.2 Å². The van der Waals surface area contributed by atoms with Crippen molar-refractivity contribution in [2.24, 2.45) is 0 Å². The van der Waals surface area contributed by atoms with Crippen molar-refractivity contribution in [2.45, 2.75) is 44.2 Å². The molecule has 1 aromatic carbocycles. The molecule has 5 unspecified atom stereocenters. The number of rotatable bonds is 7. The van der Waals surface area contributed by atoms with E-state index < -0.39 is 48.5 Å². The molecular weight excluding hydrogens is 393 g/mol. The average molecular weight is 411 g/mol. The number of carboxylic acid groups (broad SMARTS) is 1. The molecule has 1 heterocycles. The zero-order valence-corrected chi connectivity index (χ0v) is 15.0. The number of aliphatic hydroxyl groups is 3. The monoisotopic (exact) mass is 411 g/mol. The minimum absolute atomic E-state index is 0.0223. The van der Waals surface area contributed by atoms with Crippen molar-refractivity contribution in [2.75, 3.05) is 5.48 Å². The highest BCUT2D eigenvalue weighted by Gasteiger charge is 2.48. The van der Waals surface area contributed by atoms with E-state index in [1.807, 2.05) is 0 Å². The van der Waals surface area contributed by atoms with Crippen molar-refractivity contribution in [3.8, 4) is 5.75 Å². The first-order chi connectivity index (χ1) is 13.6. The van der Waals surface area contributed by atoms with Crippen molar-refractivity contribution >= 4 is 31.3 Å². The molecular formula is C16H18BNO11. The van der Waals surface area contributed by atoms with Crippen molar-refractivity contribution in [3.05, 3.63) is 23.8 Å². The molecule has 1 aliphatic heterocycles. The predicted molar refractivity (Wildman–Crippen MR) is 92.7 cm³/mol. The number of carbonyl (C=O) groups is 3. The summed E-state index contributed by atoms with van der Waals surface area (Å²) in [6, 6.07) is 4.11. The lowest BCUT2D eigenvalue weighted by Crippen LogP contribution is -2.61. The molecule has 0 spiro atoms. The van der Waals surface area contributed by atoms with E-state index in [0.717, 1.165) is 6.92 Å². The summed E-state index contributed by atoms with van der Waals surface area (Å²) in [4.78, 5) is 37.7. The van der Waals surface area contributed by atoms with E-state index >= 15 is 0 Å². The van der Waals surface area contributed by atoms with Crippen molar-refractivity contribution in [3.63, 3.8) is 0 Å². The molecule has 1 fully saturated rings. The molecule has 13 heteroatoms. The molecule has 5 atom stereocenters. The molecule has 0 saturated carbocycles. The number of aliphatic hydroxyl groups excluding tert-OH is 3. The van der Waals surface area contributed by atoms with Crippen molar-refractivity contribution in [1.82, 2.24) is 0 Å². The van der Waals surface area contributed by atoms with Gasteiger partial charge in [-0.3, -0.25) is 9.59 Å². The van der Waals surface area contributed by atoms with E-state index in [2.05, 4.69) is 15.1 Å². The van der Waals surface area contributed by atoms with Gasteiger partial charge in [0.05, 0.1) is 0 Å². The van der Waals surface area contributed by atoms with E-state index in [1.165, 1.54) is 18.2 Å². The van der Waals surface area contributed by atoms with Gasteiger partial charge in [0, 0.05) is 6.92 Å². The molecule has 2 radical (unpaired) electrons. The van der Waals surface area contributed by atoms with Gasteiger partial charge in [0.1, 0.15) is 36.4 Å². The zero-order chi connectivity index (χ0) is 21.7. The van der Waals surface area contributed by atoms with Crippen LogP contribution in [0.25, 0.3) is 0 Å². The maximum absolute atomic E-state index is 11.2. The smallest absolute Gasteiger partial charge is 0.335 e. The Bertz CT molecular complexity index is 773. The second kappa shape index (κ2) is 9.56. The Hall–Kier alpha value is -2.87. The number of hydrogen-bond acceptors (Lipinski definition) is 11. The number of benzene rings is 1. The zero-order valence-electron chi connectivity index (χ0n) is 15.0. The van der Waals surface area contributed by atoms with E-state index in [4.69, 9.17) is 22.4 Å². The minimum atomic E-state index is -1.88. The summed E-state index contributed by atoms with van der Waals surface area (Å²) in [5.74, 6) is -3.36. The fourth-order valence-corrected chi connectivity index (χ4v) is 2.41. The maximum atomic E-state index is 11.2. The Morgan fingerprint density at radius 2 is 1.86 bits per heavy atom. The Labute approximate surface area is 165 Å². The van der Waals surface area contributed by atoms with Crippen LogP contribution in [0.5, 0.6) is 5.75 Å². The molecule has 0 bridgehead atoms. The molecule has 5 N–H and O–H groups in total. The van der Waals surface area contributed by atoms with Gasteiger partial charge in [0.2, 0.25) is 20.0 Å². The van der Waals surface area contributed by atoms with E-state index in [0.29, 0.717) is 5.56 Å². The molecule has 156 valence electrons. The third-order valence-electron chi connectivity index (χ3n) is 3.79. The number of carbonyl (C=O) groups excluding carboxylic acids is 2. The standard InChI is InChI=1S/C16H18BNO11/c1-6(19)29-18-8-4-7(5-26-16(17)25)2-3-9(8)27-15-12(22)10(20)11(21)13(28-15)14(23)24/h2-4,10-13,15,18,20-22H,5H2,1H3,(H,23,24). The van der Waals surface area contributed by atoms with Gasteiger partial charge >= 0.3 is 11.9 Å². The van der Waals surface area contributed by atoms with Gasteiger partial charge in [0.25, 0.3) is 0 Å². The van der Waals surface area contributed by atoms with Crippen LogP contribution in [0, 0.1) is 0 Å². The number of anilines is 1. The van der Waals surface area contributed by atoms with Gasteiger partial charge < -0.3 is 39.5 Å².